The van der Waals surface area contributed by atoms with Crippen LogP contribution in [0.25, 0.3) is 0 Å². The van der Waals surface area contributed by atoms with Crippen LogP contribution in [0.2, 0.25) is 0 Å². The highest BCUT2D eigenvalue weighted by Crippen LogP contribution is 2.24. The molecule has 0 aliphatic carbocycles. The van der Waals surface area contributed by atoms with E-state index in [9.17, 15) is 19.0 Å². The Labute approximate surface area is 268 Å². The molecule has 0 radical (unpaired) electrons. The molecule has 0 aromatic heterocycles. The van der Waals surface area contributed by atoms with Crippen LogP contribution >= 0.6 is 0 Å². The Kier molecular flexibility index (Phi) is 13.9. The summed E-state index contributed by atoms with van der Waals surface area (Å²) in [5.74, 6) is 0.380. The first-order chi connectivity index (χ1) is 22.4. The Morgan fingerprint density at radius 2 is 1.09 bits per heavy atom. The average molecular weight is 639 g/mol. The quantitative estimate of drug-likeness (QED) is 0.137. The maximum atomic E-state index is 14.2. The molecule has 0 fully saturated rings. The van der Waals surface area contributed by atoms with E-state index in [1.54, 1.807) is 62.8 Å². The third-order valence-corrected chi connectivity index (χ3v) is 7.26. The van der Waals surface area contributed by atoms with E-state index in [0.717, 1.165) is 11.1 Å². The molecule has 4 rings (SSSR count). The van der Waals surface area contributed by atoms with Crippen LogP contribution in [0, 0.1) is 11.6 Å². The van der Waals surface area contributed by atoms with Gasteiger partial charge in [-0.3, -0.25) is 0 Å². The minimum Gasteiger partial charge on any atom is -0.497 e. The molecule has 246 valence electrons. The summed E-state index contributed by atoms with van der Waals surface area (Å²) >= 11 is 0. The summed E-state index contributed by atoms with van der Waals surface area (Å²) in [6.07, 6.45) is -5.01. The van der Waals surface area contributed by atoms with Crippen molar-refractivity contribution in [2.45, 2.75) is 50.8 Å². The average Bonchev–Trinajstić information content (AvgIpc) is 3.08. The fourth-order valence-corrected chi connectivity index (χ4v) is 4.63. The number of aliphatic hydroxyl groups excluding tert-OH is 2. The Bertz CT molecular complexity index is 1430. The molecule has 0 saturated heterocycles. The van der Waals surface area contributed by atoms with Gasteiger partial charge in [0.2, 0.25) is 0 Å². The summed E-state index contributed by atoms with van der Waals surface area (Å²) in [6.45, 7) is -0.0300. The van der Waals surface area contributed by atoms with Crippen LogP contribution in [-0.4, -0.2) is 62.1 Å². The van der Waals surface area contributed by atoms with E-state index in [4.69, 9.17) is 28.4 Å². The summed E-state index contributed by atoms with van der Waals surface area (Å²) in [5.41, 5.74) is 2.62. The standard InChI is InChI=1S/C36H40F2O8/c1-41-30-16-27(17-31(18-30)42-2)19-43-23-33(45-20-25-8-4-3-5-9-25)35(39)36(40)34(46-21-26-12-14-29(37)15-13-26)24-44-22-28-10-6-7-11-32(28)38/h3-18,33-36,39-40H,19-24H2,1-2H3/t33-,34-,35-,36-/m1/s1. The molecule has 4 aromatic rings. The summed E-state index contributed by atoms with van der Waals surface area (Å²) in [5, 5.41) is 22.9. The van der Waals surface area contributed by atoms with Gasteiger partial charge in [-0.25, -0.2) is 8.78 Å². The molecule has 8 nitrogen and oxygen atoms in total. The van der Waals surface area contributed by atoms with Crippen molar-refractivity contribution in [3.63, 3.8) is 0 Å². The smallest absolute Gasteiger partial charge is 0.128 e. The Morgan fingerprint density at radius 1 is 0.565 bits per heavy atom. The molecule has 0 amide bonds. The molecular formula is C36H40F2O8. The second kappa shape index (κ2) is 18.3. The molecule has 0 aliphatic rings. The molecule has 10 heteroatoms. The van der Waals surface area contributed by atoms with Gasteiger partial charge in [0.1, 0.15) is 47.5 Å². The molecule has 2 N–H and O–H groups in total. The number of rotatable bonds is 19. The largest absolute Gasteiger partial charge is 0.497 e. The van der Waals surface area contributed by atoms with Gasteiger partial charge in [-0.15, -0.1) is 0 Å². The molecule has 4 aromatic carbocycles. The van der Waals surface area contributed by atoms with Gasteiger partial charge in [0.05, 0.1) is 53.9 Å². The number of ether oxygens (including phenoxy) is 6. The minimum absolute atomic E-state index is 0.00149. The maximum Gasteiger partial charge on any atom is 0.128 e. The van der Waals surface area contributed by atoms with Crippen LogP contribution in [0.4, 0.5) is 8.78 Å². The lowest BCUT2D eigenvalue weighted by atomic mass is 10.0. The van der Waals surface area contributed by atoms with E-state index in [0.29, 0.717) is 22.6 Å². The molecule has 0 heterocycles. The molecule has 0 spiro atoms. The minimum atomic E-state index is -1.50. The van der Waals surface area contributed by atoms with Gasteiger partial charge >= 0.3 is 0 Å². The van der Waals surface area contributed by atoms with E-state index < -0.39 is 36.1 Å². The van der Waals surface area contributed by atoms with Gasteiger partial charge in [-0.1, -0.05) is 60.7 Å². The number of methoxy groups -OCH3 is 2. The van der Waals surface area contributed by atoms with Crippen molar-refractivity contribution in [2.24, 2.45) is 0 Å². The summed E-state index contributed by atoms with van der Waals surface area (Å²) in [6, 6.07) is 26.7. The van der Waals surface area contributed by atoms with Gasteiger partial charge in [0.15, 0.2) is 0 Å². The number of hydrogen-bond acceptors (Lipinski definition) is 8. The molecule has 4 atom stereocenters. The molecule has 0 bridgehead atoms. The molecular weight excluding hydrogens is 598 g/mol. The maximum absolute atomic E-state index is 14.2. The van der Waals surface area contributed by atoms with Crippen molar-refractivity contribution in [2.75, 3.05) is 27.4 Å². The monoisotopic (exact) mass is 638 g/mol. The van der Waals surface area contributed by atoms with Gasteiger partial charge in [0, 0.05) is 11.6 Å². The number of hydrogen-bond donors (Lipinski definition) is 2. The fourth-order valence-electron chi connectivity index (χ4n) is 4.63. The second-order valence-electron chi connectivity index (χ2n) is 10.6. The summed E-state index contributed by atoms with van der Waals surface area (Å²) in [7, 11) is 3.11. The second-order valence-corrected chi connectivity index (χ2v) is 10.6. The summed E-state index contributed by atoms with van der Waals surface area (Å²) in [4.78, 5) is 0. The first-order valence-electron chi connectivity index (χ1n) is 14.8. The van der Waals surface area contributed by atoms with E-state index in [2.05, 4.69) is 0 Å². The Hall–Kier alpha value is -3.90. The van der Waals surface area contributed by atoms with Gasteiger partial charge in [0.25, 0.3) is 0 Å². The first-order valence-corrected chi connectivity index (χ1v) is 14.8. The topological polar surface area (TPSA) is 95.8 Å². The number of aliphatic hydroxyl groups is 2. The highest BCUT2D eigenvalue weighted by molar-refractivity contribution is 5.38. The summed E-state index contributed by atoms with van der Waals surface area (Å²) < 4.78 is 62.1. The highest BCUT2D eigenvalue weighted by Gasteiger charge is 2.34. The van der Waals surface area contributed by atoms with Gasteiger partial charge in [-0.2, -0.15) is 0 Å². The zero-order valence-electron chi connectivity index (χ0n) is 25.9. The van der Waals surface area contributed by atoms with Crippen molar-refractivity contribution in [3.8, 4) is 11.5 Å². The third kappa shape index (κ3) is 10.9. The predicted molar refractivity (Wildman–Crippen MR) is 167 cm³/mol. The van der Waals surface area contributed by atoms with E-state index in [1.807, 2.05) is 30.3 Å². The molecule has 46 heavy (non-hydrogen) atoms. The SMILES string of the molecule is COc1cc(COC[C@@H](OCc2ccccc2)[C@@H](O)[C@H](O)[C@@H](COCc2ccccc2F)OCc2ccc(F)cc2)cc(OC)c1. The van der Waals surface area contributed by atoms with E-state index >= 15 is 0 Å². The van der Waals surface area contributed by atoms with Crippen LogP contribution in [0.15, 0.2) is 97.1 Å². The zero-order valence-corrected chi connectivity index (χ0v) is 25.9. The van der Waals surface area contributed by atoms with Gasteiger partial charge in [-0.05, 0) is 47.0 Å². The Morgan fingerprint density at radius 3 is 1.65 bits per heavy atom. The lowest BCUT2D eigenvalue weighted by Gasteiger charge is -2.32. The van der Waals surface area contributed by atoms with Crippen LogP contribution in [0.3, 0.4) is 0 Å². The van der Waals surface area contributed by atoms with Crippen LogP contribution in [0.1, 0.15) is 22.3 Å². The fraction of sp³-hybridized carbons (Fsp3) is 0.333. The zero-order chi connectivity index (χ0) is 32.7. The first kappa shape index (κ1) is 35.0. The highest BCUT2D eigenvalue weighted by atomic mass is 19.1. The van der Waals surface area contributed by atoms with Crippen LogP contribution in [-0.2, 0) is 45.4 Å². The van der Waals surface area contributed by atoms with Crippen LogP contribution < -0.4 is 9.47 Å². The molecule has 0 saturated carbocycles. The molecule has 0 aliphatic heterocycles. The van der Waals surface area contributed by atoms with E-state index in [-0.39, 0.29) is 39.6 Å². The number of benzene rings is 4. The lowest BCUT2D eigenvalue weighted by Crippen LogP contribution is -2.49. The predicted octanol–water partition coefficient (Wildman–Crippen LogP) is 5.61. The van der Waals surface area contributed by atoms with Crippen LogP contribution in [0.5, 0.6) is 11.5 Å². The van der Waals surface area contributed by atoms with Crippen molar-refractivity contribution < 1.29 is 47.4 Å². The molecule has 0 unspecified atom stereocenters. The van der Waals surface area contributed by atoms with Crippen molar-refractivity contribution in [3.05, 3.63) is 131 Å². The Balaban J connectivity index is 1.47. The van der Waals surface area contributed by atoms with Crippen molar-refractivity contribution >= 4 is 0 Å². The lowest BCUT2D eigenvalue weighted by molar-refractivity contribution is -0.170. The van der Waals surface area contributed by atoms with Crippen molar-refractivity contribution in [1.29, 1.82) is 0 Å². The third-order valence-electron chi connectivity index (χ3n) is 7.26. The normalized spacial score (nSPS) is 14.0. The van der Waals surface area contributed by atoms with Crippen molar-refractivity contribution in [1.82, 2.24) is 0 Å². The number of halogens is 2. The van der Waals surface area contributed by atoms with E-state index in [1.165, 1.54) is 18.2 Å². The van der Waals surface area contributed by atoms with Gasteiger partial charge < -0.3 is 38.6 Å².